The van der Waals surface area contributed by atoms with Gasteiger partial charge in [-0.3, -0.25) is 4.98 Å². The predicted molar refractivity (Wildman–Crippen MR) is 52.5 cm³/mol. The first-order valence-corrected chi connectivity index (χ1v) is 4.44. The van der Waals surface area contributed by atoms with Gasteiger partial charge in [0, 0.05) is 6.20 Å². The zero-order valence-corrected chi connectivity index (χ0v) is 8.19. The quantitative estimate of drug-likeness (QED) is 0.730. The molecule has 1 aliphatic heterocycles. The number of aromatic nitrogens is 1. The molecule has 0 atom stereocenters. The van der Waals surface area contributed by atoms with E-state index in [2.05, 4.69) is 9.98 Å². The van der Waals surface area contributed by atoms with E-state index < -0.39 is 0 Å². The molecule has 1 aromatic rings. The highest BCUT2D eigenvalue weighted by atomic mass is 16.5. The Kier molecular flexibility index (Phi) is 1.91. The van der Waals surface area contributed by atoms with Crippen LogP contribution in [0, 0.1) is 0 Å². The highest BCUT2D eigenvalue weighted by Crippen LogP contribution is 2.21. The van der Waals surface area contributed by atoms with E-state index in [0.29, 0.717) is 12.5 Å². The molecule has 74 valence electrons. The Labute approximate surface area is 82.3 Å². The zero-order chi connectivity index (χ0) is 10.2. The maximum absolute atomic E-state index is 9.23. The van der Waals surface area contributed by atoms with Crippen molar-refractivity contribution < 1.29 is 9.84 Å². The summed E-state index contributed by atoms with van der Waals surface area (Å²) in [4.78, 5) is 8.24. The van der Waals surface area contributed by atoms with Gasteiger partial charge in [0.25, 0.3) is 0 Å². The van der Waals surface area contributed by atoms with E-state index in [1.807, 2.05) is 13.8 Å². The summed E-state index contributed by atoms with van der Waals surface area (Å²) in [6.45, 7) is 4.56. The minimum Gasteiger partial charge on any atom is -0.506 e. The molecule has 0 unspecified atom stereocenters. The van der Waals surface area contributed by atoms with Gasteiger partial charge < -0.3 is 9.84 Å². The van der Waals surface area contributed by atoms with Crippen molar-refractivity contribution in [1.82, 2.24) is 4.98 Å². The lowest BCUT2D eigenvalue weighted by molar-refractivity contribution is 0.279. The number of nitrogens with zero attached hydrogens (tertiary/aromatic N) is 2. The molecule has 0 saturated heterocycles. The predicted octanol–water partition coefficient (Wildman–Crippen LogP) is 1.34. The summed E-state index contributed by atoms with van der Waals surface area (Å²) in [5.41, 5.74) is 0.538. The number of hydrogen-bond donors (Lipinski definition) is 1. The van der Waals surface area contributed by atoms with Crippen LogP contribution in [0.1, 0.15) is 19.4 Å². The molecule has 1 aromatic heterocycles. The highest BCUT2D eigenvalue weighted by molar-refractivity contribution is 5.95. The topological polar surface area (TPSA) is 54.7 Å². The van der Waals surface area contributed by atoms with Gasteiger partial charge in [-0.1, -0.05) is 0 Å². The summed E-state index contributed by atoms with van der Waals surface area (Å²) in [6, 6.07) is 1.59. The summed E-state index contributed by atoms with van der Waals surface area (Å²) in [7, 11) is 0. The van der Waals surface area contributed by atoms with Gasteiger partial charge in [0.2, 0.25) is 5.90 Å². The summed E-state index contributed by atoms with van der Waals surface area (Å²) in [5, 5.41) is 9.23. The minimum absolute atomic E-state index is 0.124. The molecule has 1 N–H and O–H groups in total. The molecule has 2 rings (SSSR count). The third-order valence-corrected chi connectivity index (χ3v) is 1.94. The summed E-state index contributed by atoms with van der Waals surface area (Å²) in [6.07, 6.45) is 3.00. The SMILES string of the molecule is CC1(C)COC(c2cncc(O)c2)=N1. The Bertz CT molecular complexity index is 385. The van der Waals surface area contributed by atoms with Crippen LogP contribution in [0.5, 0.6) is 5.75 Å². The Morgan fingerprint density at radius 3 is 2.79 bits per heavy atom. The first kappa shape index (κ1) is 8.99. The van der Waals surface area contributed by atoms with Gasteiger partial charge in [0.05, 0.1) is 17.3 Å². The lowest BCUT2D eigenvalue weighted by atomic mass is 10.1. The van der Waals surface area contributed by atoms with Crippen molar-refractivity contribution in [2.45, 2.75) is 19.4 Å². The highest BCUT2D eigenvalue weighted by Gasteiger charge is 2.27. The van der Waals surface area contributed by atoms with Gasteiger partial charge in [0.15, 0.2) is 0 Å². The van der Waals surface area contributed by atoms with E-state index in [4.69, 9.17) is 4.74 Å². The molecule has 0 aromatic carbocycles. The van der Waals surface area contributed by atoms with Crippen molar-refractivity contribution in [1.29, 1.82) is 0 Å². The van der Waals surface area contributed by atoms with Crippen molar-refractivity contribution >= 4 is 5.90 Å². The first-order chi connectivity index (χ1) is 6.57. The minimum atomic E-state index is -0.180. The van der Waals surface area contributed by atoms with Crippen molar-refractivity contribution in [2.24, 2.45) is 4.99 Å². The van der Waals surface area contributed by atoms with E-state index >= 15 is 0 Å². The second kappa shape index (κ2) is 2.97. The van der Waals surface area contributed by atoms with Crippen molar-refractivity contribution in [3.8, 4) is 5.75 Å². The molecule has 0 bridgehead atoms. The van der Waals surface area contributed by atoms with Crippen molar-refractivity contribution in [3.63, 3.8) is 0 Å². The van der Waals surface area contributed by atoms with Crippen LogP contribution in [0.2, 0.25) is 0 Å². The lowest BCUT2D eigenvalue weighted by Gasteiger charge is -2.07. The molecule has 1 aliphatic rings. The van der Waals surface area contributed by atoms with E-state index in [0.717, 1.165) is 5.56 Å². The number of rotatable bonds is 1. The number of pyridine rings is 1. The fourth-order valence-electron chi connectivity index (χ4n) is 1.28. The van der Waals surface area contributed by atoms with Gasteiger partial charge >= 0.3 is 0 Å². The molecule has 0 radical (unpaired) electrons. The summed E-state index contributed by atoms with van der Waals surface area (Å²) in [5.74, 6) is 0.678. The van der Waals surface area contributed by atoms with E-state index in [1.54, 1.807) is 12.3 Å². The van der Waals surface area contributed by atoms with Crippen LogP contribution in [-0.4, -0.2) is 28.1 Å². The van der Waals surface area contributed by atoms with Crippen LogP contribution in [0.15, 0.2) is 23.5 Å². The third-order valence-electron chi connectivity index (χ3n) is 1.94. The maximum atomic E-state index is 9.23. The Hall–Kier alpha value is -1.58. The lowest BCUT2D eigenvalue weighted by Crippen LogP contribution is -2.17. The van der Waals surface area contributed by atoms with Gasteiger partial charge in [0.1, 0.15) is 12.4 Å². The molecular weight excluding hydrogens is 180 g/mol. The van der Waals surface area contributed by atoms with Crippen LogP contribution in [0.3, 0.4) is 0 Å². The summed E-state index contributed by atoms with van der Waals surface area (Å²) >= 11 is 0. The molecule has 2 heterocycles. The van der Waals surface area contributed by atoms with Gasteiger partial charge in [-0.25, -0.2) is 4.99 Å². The monoisotopic (exact) mass is 192 g/mol. The Morgan fingerprint density at radius 1 is 1.43 bits per heavy atom. The van der Waals surface area contributed by atoms with Gasteiger partial charge in [-0.05, 0) is 19.9 Å². The normalized spacial score (nSPS) is 18.9. The molecule has 0 fully saturated rings. The van der Waals surface area contributed by atoms with E-state index in [9.17, 15) is 5.11 Å². The largest absolute Gasteiger partial charge is 0.506 e. The standard InChI is InChI=1S/C10H12N2O2/c1-10(2)6-14-9(12-10)7-3-8(13)5-11-4-7/h3-5,13H,6H2,1-2H3. The van der Waals surface area contributed by atoms with Crippen LogP contribution < -0.4 is 0 Å². The average Bonchev–Trinajstić information content (AvgIpc) is 2.46. The number of aliphatic imine (C=N–C) groups is 1. The van der Waals surface area contributed by atoms with Crippen LogP contribution >= 0.6 is 0 Å². The second-order valence-corrected chi connectivity index (χ2v) is 3.95. The van der Waals surface area contributed by atoms with Crippen LogP contribution in [-0.2, 0) is 4.74 Å². The van der Waals surface area contributed by atoms with Crippen LogP contribution in [0.25, 0.3) is 0 Å². The molecular formula is C10H12N2O2. The number of hydrogen-bond acceptors (Lipinski definition) is 4. The van der Waals surface area contributed by atoms with Crippen molar-refractivity contribution in [3.05, 3.63) is 24.0 Å². The maximum Gasteiger partial charge on any atom is 0.218 e. The molecule has 0 saturated carbocycles. The molecule has 4 heteroatoms. The molecule has 0 spiro atoms. The number of ether oxygens (including phenoxy) is 1. The van der Waals surface area contributed by atoms with Gasteiger partial charge in [-0.15, -0.1) is 0 Å². The van der Waals surface area contributed by atoms with Crippen molar-refractivity contribution in [2.75, 3.05) is 6.61 Å². The smallest absolute Gasteiger partial charge is 0.218 e. The molecule has 14 heavy (non-hydrogen) atoms. The average molecular weight is 192 g/mol. The Balaban J connectivity index is 2.33. The number of aromatic hydroxyl groups is 1. The third kappa shape index (κ3) is 1.69. The molecule has 4 nitrogen and oxygen atoms in total. The molecule has 0 amide bonds. The second-order valence-electron chi connectivity index (χ2n) is 3.95. The van der Waals surface area contributed by atoms with Crippen LogP contribution in [0.4, 0.5) is 0 Å². The molecule has 0 aliphatic carbocycles. The fraction of sp³-hybridized carbons (Fsp3) is 0.400. The Morgan fingerprint density at radius 2 is 2.21 bits per heavy atom. The van der Waals surface area contributed by atoms with E-state index in [-0.39, 0.29) is 11.3 Å². The van der Waals surface area contributed by atoms with Gasteiger partial charge in [-0.2, -0.15) is 0 Å². The van der Waals surface area contributed by atoms with E-state index in [1.165, 1.54) is 6.20 Å². The first-order valence-electron chi connectivity index (χ1n) is 4.44. The summed E-state index contributed by atoms with van der Waals surface area (Å²) < 4.78 is 5.41. The fourth-order valence-corrected chi connectivity index (χ4v) is 1.28. The zero-order valence-electron chi connectivity index (χ0n) is 8.19.